The van der Waals surface area contributed by atoms with Gasteiger partial charge in [-0.15, -0.1) is 11.3 Å². The van der Waals surface area contributed by atoms with E-state index in [1.54, 1.807) is 18.2 Å². The Labute approximate surface area is 139 Å². The number of nitrogens with one attached hydrogen (secondary N) is 1. The molecule has 1 heterocycles. The maximum Gasteiger partial charge on any atom is 0.256 e. The molecule has 23 heavy (non-hydrogen) atoms. The molecule has 0 aliphatic heterocycles. The van der Waals surface area contributed by atoms with Crippen LogP contribution in [0.15, 0.2) is 18.2 Å². The molecular weight excluding hydrogens is 312 g/mol. The van der Waals surface area contributed by atoms with E-state index >= 15 is 0 Å². The number of hydrogen-bond donors (Lipinski definition) is 1. The number of methoxy groups -OCH3 is 2. The average Bonchev–Trinajstić information content (AvgIpc) is 2.88. The number of rotatable bonds is 5. The van der Waals surface area contributed by atoms with Crippen LogP contribution in [-0.4, -0.2) is 20.1 Å². The van der Waals surface area contributed by atoms with Crippen molar-refractivity contribution in [1.29, 1.82) is 5.26 Å². The van der Waals surface area contributed by atoms with Crippen molar-refractivity contribution in [1.82, 2.24) is 0 Å². The van der Waals surface area contributed by atoms with Gasteiger partial charge in [-0.3, -0.25) is 4.79 Å². The summed E-state index contributed by atoms with van der Waals surface area (Å²) in [7, 11) is 3.06. The molecule has 0 spiro atoms. The third kappa shape index (κ3) is 3.46. The summed E-state index contributed by atoms with van der Waals surface area (Å²) in [5, 5.41) is 12.8. The average molecular weight is 330 g/mol. The van der Waals surface area contributed by atoms with E-state index in [4.69, 9.17) is 9.47 Å². The molecule has 1 amide bonds. The van der Waals surface area contributed by atoms with Crippen LogP contribution in [0.25, 0.3) is 0 Å². The molecule has 1 aromatic carbocycles. The minimum atomic E-state index is -0.303. The second-order valence-corrected chi connectivity index (χ2v) is 6.09. The van der Waals surface area contributed by atoms with E-state index in [2.05, 4.69) is 11.4 Å². The number of thiophene rings is 1. The quantitative estimate of drug-likeness (QED) is 0.906. The summed E-state index contributed by atoms with van der Waals surface area (Å²) in [6.07, 6.45) is 0.758. The highest BCUT2D eigenvalue weighted by molar-refractivity contribution is 7.16. The Morgan fingerprint density at radius 2 is 1.87 bits per heavy atom. The molecule has 0 atom stereocenters. The van der Waals surface area contributed by atoms with E-state index in [1.165, 1.54) is 25.6 Å². The minimum absolute atomic E-state index is 0.303. The van der Waals surface area contributed by atoms with Gasteiger partial charge in [0, 0.05) is 16.5 Å². The van der Waals surface area contributed by atoms with E-state index in [1.807, 2.05) is 13.8 Å². The zero-order valence-electron chi connectivity index (χ0n) is 13.5. The van der Waals surface area contributed by atoms with Crippen LogP contribution in [0.4, 0.5) is 5.00 Å². The lowest BCUT2D eigenvalue weighted by molar-refractivity contribution is 0.102. The van der Waals surface area contributed by atoms with Crippen LogP contribution in [0.5, 0.6) is 11.5 Å². The number of carbonyl (C=O) groups is 1. The van der Waals surface area contributed by atoms with Crippen LogP contribution in [0.3, 0.4) is 0 Å². The molecule has 0 aliphatic rings. The van der Waals surface area contributed by atoms with Gasteiger partial charge in [0.05, 0.1) is 19.8 Å². The molecule has 6 heteroatoms. The molecule has 2 aromatic rings. The number of carbonyl (C=O) groups excluding carboxylic acids is 1. The molecule has 120 valence electrons. The standard InChI is InChI=1S/C17H18N2O3S/c1-5-14-10(2)23-17(15(14)9-18)19-16(20)11-6-12(21-3)8-13(7-11)22-4/h6-8H,5H2,1-4H3,(H,19,20). The van der Waals surface area contributed by atoms with Gasteiger partial charge in [0.15, 0.2) is 0 Å². The first kappa shape index (κ1) is 16.8. The van der Waals surface area contributed by atoms with Gasteiger partial charge in [-0.2, -0.15) is 5.26 Å². The van der Waals surface area contributed by atoms with Crippen molar-refractivity contribution in [2.45, 2.75) is 20.3 Å². The van der Waals surface area contributed by atoms with Crippen molar-refractivity contribution in [3.8, 4) is 17.6 Å². The maximum atomic E-state index is 12.5. The van der Waals surface area contributed by atoms with Gasteiger partial charge in [-0.05, 0) is 31.0 Å². The summed E-state index contributed by atoms with van der Waals surface area (Å²) in [5.74, 6) is 0.765. The SMILES string of the molecule is CCc1c(C)sc(NC(=O)c2cc(OC)cc(OC)c2)c1C#N. The number of nitrogens with zero attached hydrogens (tertiary/aromatic N) is 1. The fourth-order valence-electron chi connectivity index (χ4n) is 2.32. The second kappa shape index (κ2) is 7.16. The molecular formula is C17H18N2O3S. The van der Waals surface area contributed by atoms with Crippen molar-refractivity contribution >= 4 is 22.2 Å². The van der Waals surface area contributed by atoms with Crippen LogP contribution in [-0.2, 0) is 6.42 Å². The van der Waals surface area contributed by atoms with Gasteiger partial charge in [-0.25, -0.2) is 0 Å². The van der Waals surface area contributed by atoms with Crippen molar-refractivity contribution < 1.29 is 14.3 Å². The lowest BCUT2D eigenvalue weighted by Crippen LogP contribution is -2.12. The maximum absolute atomic E-state index is 12.5. The molecule has 2 rings (SSSR count). The summed E-state index contributed by atoms with van der Waals surface area (Å²) >= 11 is 1.42. The second-order valence-electron chi connectivity index (χ2n) is 4.86. The third-order valence-electron chi connectivity index (χ3n) is 3.52. The Bertz CT molecular complexity index is 753. The molecule has 0 unspecified atom stereocenters. The molecule has 0 radical (unpaired) electrons. The summed E-state index contributed by atoms with van der Waals surface area (Å²) in [4.78, 5) is 13.5. The molecule has 0 aliphatic carbocycles. The third-order valence-corrected chi connectivity index (χ3v) is 4.58. The number of nitriles is 1. The summed E-state index contributed by atoms with van der Waals surface area (Å²) < 4.78 is 10.3. The monoisotopic (exact) mass is 330 g/mol. The summed E-state index contributed by atoms with van der Waals surface area (Å²) in [5.41, 5.74) is 1.93. The Morgan fingerprint density at radius 3 is 2.35 bits per heavy atom. The highest BCUT2D eigenvalue weighted by atomic mass is 32.1. The Morgan fingerprint density at radius 1 is 1.26 bits per heavy atom. The predicted molar refractivity (Wildman–Crippen MR) is 90.6 cm³/mol. The van der Waals surface area contributed by atoms with Crippen molar-refractivity contribution in [3.05, 3.63) is 39.8 Å². The highest BCUT2D eigenvalue weighted by Crippen LogP contribution is 2.33. The molecule has 0 saturated heterocycles. The van der Waals surface area contributed by atoms with Crippen molar-refractivity contribution in [2.24, 2.45) is 0 Å². The number of amides is 1. The fourth-order valence-corrected chi connectivity index (χ4v) is 3.42. The smallest absolute Gasteiger partial charge is 0.256 e. The summed E-state index contributed by atoms with van der Waals surface area (Å²) in [6, 6.07) is 7.14. The van der Waals surface area contributed by atoms with Gasteiger partial charge in [0.1, 0.15) is 22.6 Å². The van der Waals surface area contributed by atoms with E-state index in [0.717, 1.165) is 16.9 Å². The van der Waals surface area contributed by atoms with Crippen LogP contribution in [0.1, 0.15) is 33.3 Å². The Kier molecular flexibility index (Phi) is 5.24. The van der Waals surface area contributed by atoms with Crippen molar-refractivity contribution in [3.63, 3.8) is 0 Å². The van der Waals surface area contributed by atoms with Gasteiger partial charge < -0.3 is 14.8 Å². The molecule has 1 N–H and O–H groups in total. The number of anilines is 1. The van der Waals surface area contributed by atoms with Crippen LogP contribution in [0, 0.1) is 18.3 Å². The Balaban J connectivity index is 2.35. The number of benzene rings is 1. The molecule has 0 saturated carbocycles. The van der Waals surface area contributed by atoms with E-state index in [-0.39, 0.29) is 5.91 Å². The normalized spacial score (nSPS) is 10.0. The first-order chi connectivity index (χ1) is 11.0. The topological polar surface area (TPSA) is 71.3 Å². The largest absolute Gasteiger partial charge is 0.497 e. The Hall–Kier alpha value is -2.52. The predicted octanol–water partition coefficient (Wildman–Crippen LogP) is 3.76. The number of ether oxygens (including phenoxy) is 2. The summed E-state index contributed by atoms with van der Waals surface area (Å²) in [6.45, 7) is 3.95. The fraction of sp³-hybridized carbons (Fsp3) is 0.294. The first-order valence-electron chi connectivity index (χ1n) is 7.10. The lowest BCUT2D eigenvalue weighted by atomic mass is 10.1. The van der Waals surface area contributed by atoms with Crippen LogP contribution in [0.2, 0.25) is 0 Å². The van der Waals surface area contributed by atoms with Gasteiger partial charge in [0.25, 0.3) is 5.91 Å². The number of aryl methyl sites for hydroxylation is 1. The number of hydrogen-bond acceptors (Lipinski definition) is 5. The molecule has 5 nitrogen and oxygen atoms in total. The van der Waals surface area contributed by atoms with Gasteiger partial charge in [0.2, 0.25) is 0 Å². The van der Waals surface area contributed by atoms with Crippen LogP contribution < -0.4 is 14.8 Å². The molecule has 0 bridgehead atoms. The van der Waals surface area contributed by atoms with Crippen LogP contribution >= 0.6 is 11.3 Å². The van der Waals surface area contributed by atoms with E-state index in [9.17, 15) is 10.1 Å². The zero-order valence-corrected chi connectivity index (χ0v) is 14.3. The zero-order chi connectivity index (χ0) is 17.0. The minimum Gasteiger partial charge on any atom is -0.497 e. The van der Waals surface area contributed by atoms with E-state index in [0.29, 0.717) is 27.6 Å². The van der Waals surface area contributed by atoms with E-state index < -0.39 is 0 Å². The lowest BCUT2D eigenvalue weighted by Gasteiger charge is -2.08. The highest BCUT2D eigenvalue weighted by Gasteiger charge is 2.18. The molecule has 0 fully saturated rings. The van der Waals surface area contributed by atoms with Gasteiger partial charge in [-0.1, -0.05) is 6.92 Å². The van der Waals surface area contributed by atoms with Crippen molar-refractivity contribution in [2.75, 3.05) is 19.5 Å². The van der Waals surface area contributed by atoms with Gasteiger partial charge >= 0.3 is 0 Å². The first-order valence-corrected chi connectivity index (χ1v) is 7.92. The molecule has 1 aromatic heterocycles.